The molecule has 0 aliphatic heterocycles. The molecular formula is C17H28ClNO2. The fourth-order valence-electron chi connectivity index (χ4n) is 2.21. The zero-order chi connectivity index (χ0) is 15.3. The van der Waals surface area contributed by atoms with Crippen molar-refractivity contribution in [1.29, 1.82) is 0 Å². The van der Waals surface area contributed by atoms with Crippen molar-refractivity contribution in [2.24, 2.45) is 0 Å². The summed E-state index contributed by atoms with van der Waals surface area (Å²) in [7, 11) is 1.72. The minimum Gasteiger partial charge on any atom is -0.385 e. The van der Waals surface area contributed by atoms with Crippen molar-refractivity contribution < 1.29 is 9.47 Å². The molecule has 0 spiro atoms. The van der Waals surface area contributed by atoms with Gasteiger partial charge >= 0.3 is 0 Å². The highest BCUT2D eigenvalue weighted by atomic mass is 35.5. The maximum absolute atomic E-state index is 5.97. The van der Waals surface area contributed by atoms with Gasteiger partial charge in [-0.2, -0.15) is 0 Å². The molecule has 21 heavy (non-hydrogen) atoms. The van der Waals surface area contributed by atoms with Crippen LogP contribution in [-0.4, -0.2) is 40.0 Å². The van der Waals surface area contributed by atoms with Gasteiger partial charge in [-0.3, -0.25) is 0 Å². The molecule has 0 saturated heterocycles. The van der Waals surface area contributed by atoms with E-state index in [4.69, 9.17) is 21.1 Å². The molecular weight excluding hydrogens is 286 g/mol. The highest BCUT2D eigenvalue weighted by molar-refractivity contribution is 6.30. The second kappa shape index (κ2) is 12.0. The number of rotatable bonds is 12. The minimum atomic E-state index is 0.469. The lowest BCUT2D eigenvalue weighted by Crippen LogP contribution is -2.23. The van der Waals surface area contributed by atoms with Crippen LogP contribution in [0.2, 0.25) is 5.02 Å². The summed E-state index contributed by atoms with van der Waals surface area (Å²) in [6.45, 7) is 6.53. The van der Waals surface area contributed by atoms with Gasteiger partial charge in [0.15, 0.2) is 0 Å². The Morgan fingerprint density at radius 1 is 1.14 bits per heavy atom. The molecule has 1 atom stereocenters. The summed E-state index contributed by atoms with van der Waals surface area (Å²) in [6.07, 6.45) is 3.13. The van der Waals surface area contributed by atoms with Crippen molar-refractivity contribution in [3.8, 4) is 0 Å². The number of nitrogens with one attached hydrogen (secondary N) is 1. The number of hydrogen-bond donors (Lipinski definition) is 1. The van der Waals surface area contributed by atoms with Gasteiger partial charge in [0, 0.05) is 38.5 Å². The average molecular weight is 314 g/mol. The average Bonchev–Trinajstić information content (AvgIpc) is 2.50. The summed E-state index contributed by atoms with van der Waals surface area (Å²) < 4.78 is 10.7. The highest BCUT2D eigenvalue weighted by Crippen LogP contribution is 2.21. The first-order valence-corrected chi connectivity index (χ1v) is 8.18. The lowest BCUT2D eigenvalue weighted by molar-refractivity contribution is 0.0980. The van der Waals surface area contributed by atoms with Gasteiger partial charge in [0.05, 0.1) is 0 Å². The molecule has 0 fully saturated rings. The van der Waals surface area contributed by atoms with Crippen LogP contribution >= 0.6 is 11.6 Å². The Hall–Kier alpha value is -0.610. The molecule has 1 unspecified atom stereocenters. The number of ether oxygens (including phenoxy) is 2. The maximum Gasteiger partial charge on any atom is 0.0487 e. The Bertz CT molecular complexity index is 356. The van der Waals surface area contributed by atoms with Crippen molar-refractivity contribution in [1.82, 2.24) is 5.32 Å². The van der Waals surface area contributed by atoms with E-state index in [1.54, 1.807) is 7.11 Å². The van der Waals surface area contributed by atoms with Gasteiger partial charge in [-0.1, -0.05) is 30.7 Å². The molecule has 1 aromatic carbocycles. The predicted octanol–water partition coefficient (Wildman–Crippen LogP) is 3.87. The molecule has 0 aliphatic carbocycles. The Morgan fingerprint density at radius 2 is 1.90 bits per heavy atom. The van der Waals surface area contributed by atoms with Crippen LogP contribution in [0.4, 0.5) is 0 Å². The summed E-state index contributed by atoms with van der Waals surface area (Å²) >= 11 is 5.97. The molecule has 4 heteroatoms. The van der Waals surface area contributed by atoms with Gasteiger partial charge < -0.3 is 14.8 Å². The third kappa shape index (κ3) is 8.42. The second-order valence-electron chi connectivity index (χ2n) is 5.20. The SMILES string of the molecule is CCCNCC(CCOCCCOC)c1ccc(Cl)cc1. The molecule has 1 N–H and O–H groups in total. The minimum absolute atomic E-state index is 0.469. The predicted molar refractivity (Wildman–Crippen MR) is 89.3 cm³/mol. The van der Waals surface area contributed by atoms with Crippen LogP contribution in [0.15, 0.2) is 24.3 Å². The first-order valence-electron chi connectivity index (χ1n) is 7.80. The first kappa shape index (κ1) is 18.4. The third-order valence-corrected chi connectivity index (χ3v) is 3.66. The van der Waals surface area contributed by atoms with E-state index in [9.17, 15) is 0 Å². The molecule has 0 amide bonds. The van der Waals surface area contributed by atoms with Crippen LogP contribution in [-0.2, 0) is 9.47 Å². The monoisotopic (exact) mass is 313 g/mol. The van der Waals surface area contributed by atoms with E-state index >= 15 is 0 Å². The van der Waals surface area contributed by atoms with Crippen molar-refractivity contribution in [3.63, 3.8) is 0 Å². The number of hydrogen-bond acceptors (Lipinski definition) is 3. The normalized spacial score (nSPS) is 12.5. The number of halogens is 1. The number of benzene rings is 1. The van der Waals surface area contributed by atoms with E-state index in [2.05, 4.69) is 24.4 Å². The number of methoxy groups -OCH3 is 1. The summed E-state index contributed by atoms with van der Waals surface area (Å²) in [6, 6.07) is 8.16. The largest absolute Gasteiger partial charge is 0.385 e. The summed E-state index contributed by atoms with van der Waals surface area (Å²) in [5, 5.41) is 4.29. The third-order valence-electron chi connectivity index (χ3n) is 3.41. The van der Waals surface area contributed by atoms with E-state index in [1.807, 2.05) is 12.1 Å². The summed E-state index contributed by atoms with van der Waals surface area (Å²) in [4.78, 5) is 0. The summed E-state index contributed by atoms with van der Waals surface area (Å²) in [5.41, 5.74) is 1.32. The lowest BCUT2D eigenvalue weighted by atomic mass is 9.96. The maximum atomic E-state index is 5.97. The molecule has 120 valence electrons. The molecule has 1 rings (SSSR count). The second-order valence-corrected chi connectivity index (χ2v) is 5.64. The van der Waals surface area contributed by atoms with Crippen LogP contribution in [0.3, 0.4) is 0 Å². The smallest absolute Gasteiger partial charge is 0.0487 e. The fourth-order valence-corrected chi connectivity index (χ4v) is 2.33. The fraction of sp³-hybridized carbons (Fsp3) is 0.647. The molecule has 0 radical (unpaired) electrons. The summed E-state index contributed by atoms with van der Waals surface area (Å²) in [5.74, 6) is 0.469. The van der Waals surface area contributed by atoms with Crippen LogP contribution < -0.4 is 5.32 Å². The Balaban J connectivity index is 2.39. The van der Waals surface area contributed by atoms with E-state index in [0.29, 0.717) is 5.92 Å². The van der Waals surface area contributed by atoms with Crippen molar-refractivity contribution in [3.05, 3.63) is 34.9 Å². The van der Waals surface area contributed by atoms with Crippen molar-refractivity contribution >= 4 is 11.6 Å². The Kier molecular flexibility index (Phi) is 10.5. The zero-order valence-corrected chi connectivity index (χ0v) is 14.0. The van der Waals surface area contributed by atoms with Crippen LogP contribution in [0.1, 0.15) is 37.7 Å². The van der Waals surface area contributed by atoms with Gasteiger partial charge in [0.1, 0.15) is 0 Å². The van der Waals surface area contributed by atoms with Crippen LogP contribution in [0, 0.1) is 0 Å². The van der Waals surface area contributed by atoms with Gasteiger partial charge in [0.2, 0.25) is 0 Å². The van der Waals surface area contributed by atoms with Crippen LogP contribution in [0.5, 0.6) is 0 Å². The molecule has 0 bridgehead atoms. The Morgan fingerprint density at radius 3 is 2.57 bits per heavy atom. The van der Waals surface area contributed by atoms with Gasteiger partial charge in [-0.05, 0) is 49.4 Å². The van der Waals surface area contributed by atoms with Gasteiger partial charge in [-0.25, -0.2) is 0 Å². The molecule has 0 aromatic heterocycles. The highest BCUT2D eigenvalue weighted by Gasteiger charge is 2.11. The van der Waals surface area contributed by atoms with Crippen LogP contribution in [0.25, 0.3) is 0 Å². The van der Waals surface area contributed by atoms with E-state index < -0.39 is 0 Å². The topological polar surface area (TPSA) is 30.5 Å². The molecule has 1 aromatic rings. The van der Waals surface area contributed by atoms with E-state index in [0.717, 1.165) is 57.2 Å². The Labute approximate surface area is 134 Å². The lowest BCUT2D eigenvalue weighted by Gasteiger charge is -2.18. The van der Waals surface area contributed by atoms with E-state index in [-0.39, 0.29) is 0 Å². The quantitative estimate of drug-likeness (QED) is 0.594. The van der Waals surface area contributed by atoms with E-state index in [1.165, 1.54) is 5.56 Å². The van der Waals surface area contributed by atoms with Crippen molar-refractivity contribution in [2.75, 3.05) is 40.0 Å². The van der Waals surface area contributed by atoms with Gasteiger partial charge in [-0.15, -0.1) is 0 Å². The zero-order valence-electron chi connectivity index (χ0n) is 13.2. The molecule has 0 heterocycles. The molecule has 0 saturated carbocycles. The molecule has 3 nitrogen and oxygen atoms in total. The standard InChI is InChI=1S/C17H28ClNO2/c1-3-10-19-14-16(9-13-21-12-4-11-20-2)15-5-7-17(18)8-6-15/h5-8,16,19H,3-4,9-14H2,1-2H3. The first-order chi connectivity index (χ1) is 10.3. The van der Waals surface area contributed by atoms with Gasteiger partial charge in [0.25, 0.3) is 0 Å². The molecule has 0 aliphatic rings. The van der Waals surface area contributed by atoms with Crippen molar-refractivity contribution in [2.45, 2.75) is 32.1 Å².